The first kappa shape index (κ1) is 13.9. The van der Waals surface area contributed by atoms with E-state index in [-0.39, 0.29) is 6.01 Å². The van der Waals surface area contributed by atoms with Crippen molar-refractivity contribution in [1.82, 2.24) is 9.97 Å². The number of benzene rings is 2. The molecule has 0 fully saturated rings. The summed E-state index contributed by atoms with van der Waals surface area (Å²) in [6.45, 7) is 0. The number of hydrogen-bond donors (Lipinski definition) is 2. The summed E-state index contributed by atoms with van der Waals surface area (Å²) in [5, 5.41) is 13.6. The van der Waals surface area contributed by atoms with Crippen molar-refractivity contribution in [1.29, 1.82) is 0 Å². The predicted octanol–water partition coefficient (Wildman–Crippen LogP) is 3.10. The quantitative estimate of drug-likeness (QED) is 0.770. The van der Waals surface area contributed by atoms with Crippen molar-refractivity contribution in [2.24, 2.45) is 0 Å². The summed E-state index contributed by atoms with van der Waals surface area (Å²) in [5.41, 5.74) is 1.42. The Labute approximate surface area is 127 Å². The van der Waals surface area contributed by atoms with Gasteiger partial charge in [-0.05, 0) is 18.2 Å². The van der Waals surface area contributed by atoms with Gasteiger partial charge in [0.1, 0.15) is 5.82 Å². The zero-order valence-electron chi connectivity index (χ0n) is 12.2. The minimum Gasteiger partial charge on any atom is -0.493 e. The Morgan fingerprint density at radius 2 is 1.64 bits per heavy atom. The van der Waals surface area contributed by atoms with Crippen molar-refractivity contribution in [2.75, 3.05) is 19.5 Å². The predicted molar refractivity (Wildman–Crippen MR) is 84.0 cm³/mol. The van der Waals surface area contributed by atoms with Crippen molar-refractivity contribution >= 4 is 22.4 Å². The number of methoxy groups -OCH3 is 2. The van der Waals surface area contributed by atoms with Crippen LogP contribution >= 0.6 is 0 Å². The first-order valence-corrected chi connectivity index (χ1v) is 6.66. The van der Waals surface area contributed by atoms with Crippen LogP contribution in [0.5, 0.6) is 17.5 Å². The lowest BCUT2D eigenvalue weighted by molar-refractivity contribution is 0.355. The summed E-state index contributed by atoms with van der Waals surface area (Å²) in [6, 6.07) is 12.7. The minimum absolute atomic E-state index is 0.307. The molecule has 22 heavy (non-hydrogen) atoms. The number of nitrogens with one attached hydrogen (secondary N) is 1. The third-order valence-electron chi connectivity index (χ3n) is 3.23. The molecule has 0 radical (unpaired) electrons. The third-order valence-corrected chi connectivity index (χ3v) is 3.23. The highest BCUT2D eigenvalue weighted by Crippen LogP contribution is 2.35. The molecule has 6 heteroatoms. The molecule has 6 nitrogen and oxygen atoms in total. The molecule has 1 aromatic heterocycles. The first-order chi connectivity index (χ1) is 10.7. The van der Waals surface area contributed by atoms with E-state index in [0.29, 0.717) is 22.8 Å². The van der Waals surface area contributed by atoms with Gasteiger partial charge in [-0.25, -0.2) is 0 Å². The summed E-state index contributed by atoms with van der Waals surface area (Å²) in [7, 11) is 3.11. The Bertz CT molecular complexity index is 807. The average Bonchev–Trinajstić information content (AvgIpc) is 2.54. The van der Waals surface area contributed by atoms with Gasteiger partial charge in [-0.3, -0.25) is 0 Å². The summed E-state index contributed by atoms with van der Waals surface area (Å²) in [6.07, 6.45) is 0. The van der Waals surface area contributed by atoms with Crippen molar-refractivity contribution < 1.29 is 14.6 Å². The maximum Gasteiger partial charge on any atom is 0.316 e. The van der Waals surface area contributed by atoms with Crippen molar-refractivity contribution in [3.8, 4) is 17.5 Å². The molecule has 0 atom stereocenters. The maximum absolute atomic E-state index is 9.74. The Morgan fingerprint density at radius 1 is 0.955 bits per heavy atom. The van der Waals surface area contributed by atoms with Crippen molar-refractivity contribution in [3.05, 3.63) is 42.5 Å². The van der Waals surface area contributed by atoms with Crippen LogP contribution < -0.4 is 14.8 Å². The lowest BCUT2D eigenvalue weighted by atomic mass is 10.2. The maximum atomic E-state index is 9.74. The molecule has 0 bridgehead atoms. The van der Waals surface area contributed by atoms with Crippen LogP contribution in [0.2, 0.25) is 0 Å². The zero-order chi connectivity index (χ0) is 15.5. The summed E-state index contributed by atoms with van der Waals surface area (Å²) >= 11 is 0. The number of aromatic nitrogens is 2. The lowest BCUT2D eigenvalue weighted by Crippen LogP contribution is -1.98. The van der Waals surface area contributed by atoms with Gasteiger partial charge in [-0.2, -0.15) is 9.97 Å². The van der Waals surface area contributed by atoms with E-state index in [2.05, 4.69) is 15.3 Å². The second-order valence-electron chi connectivity index (χ2n) is 4.59. The van der Waals surface area contributed by atoms with E-state index < -0.39 is 0 Å². The Hall–Kier alpha value is -3.02. The Balaban J connectivity index is 2.16. The van der Waals surface area contributed by atoms with Crippen LogP contribution in [0.15, 0.2) is 42.5 Å². The van der Waals surface area contributed by atoms with E-state index in [1.165, 1.54) is 0 Å². The molecular weight excluding hydrogens is 282 g/mol. The molecule has 1 heterocycles. The molecule has 0 aliphatic rings. The Morgan fingerprint density at radius 3 is 2.32 bits per heavy atom. The van der Waals surface area contributed by atoms with E-state index in [4.69, 9.17) is 9.47 Å². The number of nitrogens with zero attached hydrogens (tertiary/aromatic N) is 2. The molecule has 2 aromatic carbocycles. The highest BCUT2D eigenvalue weighted by molar-refractivity contribution is 5.93. The fourth-order valence-electron chi connectivity index (χ4n) is 2.20. The van der Waals surface area contributed by atoms with Crippen LogP contribution in [0.4, 0.5) is 11.5 Å². The smallest absolute Gasteiger partial charge is 0.316 e. The average molecular weight is 297 g/mol. The van der Waals surface area contributed by atoms with Crippen LogP contribution in [0, 0.1) is 0 Å². The standard InChI is InChI=1S/C16H15N3O3/c1-21-13-8-11-12(9-14(13)22-2)18-16(20)19-15(11)17-10-6-4-3-5-7-10/h3-9H,1-2H3,(H2,17,18,19,20). The summed E-state index contributed by atoms with van der Waals surface area (Å²) in [4.78, 5) is 8.10. The molecule has 0 unspecified atom stereocenters. The number of fused-ring (bicyclic) bond motifs is 1. The molecule has 0 saturated carbocycles. The normalized spacial score (nSPS) is 10.5. The number of ether oxygens (including phenoxy) is 2. The van der Waals surface area contributed by atoms with Crippen LogP contribution in [-0.4, -0.2) is 29.3 Å². The summed E-state index contributed by atoms with van der Waals surface area (Å²) in [5.74, 6) is 1.61. The fourth-order valence-corrected chi connectivity index (χ4v) is 2.20. The van der Waals surface area contributed by atoms with Crippen LogP contribution in [0.25, 0.3) is 10.9 Å². The molecule has 112 valence electrons. The minimum atomic E-state index is -0.307. The molecule has 0 saturated heterocycles. The molecular formula is C16H15N3O3. The van der Waals surface area contributed by atoms with E-state index in [1.54, 1.807) is 26.4 Å². The van der Waals surface area contributed by atoms with Gasteiger partial charge in [-0.15, -0.1) is 0 Å². The van der Waals surface area contributed by atoms with Crippen molar-refractivity contribution in [3.63, 3.8) is 0 Å². The van der Waals surface area contributed by atoms with Gasteiger partial charge in [0.25, 0.3) is 0 Å². The molecule has 2 N–H and O–H groups in total. The van der Waals surface area contributed by atoms with E-state index >= 15 is 0 Å². The summed E-state index contributed by atoms with van der Waals surface area (Å²) < 4.78 is 10.6. The molecule has 3 rings (SSSR count). The number of hydrogen-bond acceptors (Lipinski definition) is 6. The second kappa shape index (κ2) is 5.77. The van der Waals surface area contributed by atoms with Gasteiger partial charge < -0.3 is 19.9 Å². The van der Waals surface area contributed by atoms with Crippen LogP contribution in [0.1, 0.15) is 0 Å². The van der Waals surface area contributed by atoms with Crippen molar-refractivity contribution in [2.45, 2.75) is 0 Å². The molecule has 0 amide bonds. The molecule has 0 spiro atoms. The highest BCUT2D eigenvalue weighted by atomic mass is 16.5. The lowest BCUT2D eigenvalue weighted by Gasteiger charge is -2.12. The van der Waals surface area contributed by atoms with Crippen LogP contribution in [-0.2, 0) is 0 Å². The van der Waals surface area contributed by atoms with E-state index in [9.17, 15) is 5.11 Å². The number of para-hydroxylation sites is 1. The number of aromatic hydroxyl groups is 1. The largest absolute Gasteiger partial charge is 0.493 e. The van der Waals surface area contributed by atoms with E-state index in [1.807, 2.05) is 30.3 Å². The van der Waals surface area contributed by atoms with Crippen LogP contribution in [0.3, 0.4) is 0 Å². The molecule has 0 aliphatic heterocycles. The topological polar surface area (TPSA) is 76.5 Å². The molecule has 3 aromatic rings. The van der Waals surface area contributed by atoms with Gasteiger partial charge in [0, 0.05) is 17.1 Å². The SMILES string of the molecule is COc1cc2nc(O)nc(Nc3ccccc3)c2cc1OC. The second-order valence-corrected chi connectivity index (χ2v) is 4.59. The van der Waals surface area contributed by atoms with Gasteiger partial charge >= 0.3 is 6.01 Å². The van der Waals surface area contributed by atoms with Gasteiger partial charge in [0.2, 0.25) is 0 Å². The van der Waals surface area contributed by atoms with Gasteiger partial charge in [0.15, 0.2) is 11.5 Å². The first-order valence-electron chi connectivity index (χ1n) is 6.66. The third kappa shape index (κ3) is 2.58. The number of rotatable bonds is 4. The number of anilines is 2. The van der Waals surface area contributed by atoms with Gasteiger partial charge in [0.05, 0.1) is 19.7 Å². The van der Waals surface area contributed by atoms with Gasteiger partial charge in [-0.1, -0.05) is 18.2 Å². The van der Waals surface area contributed by atoms with E-state index in [0.717, 1.165) is 11.1 Å². The monoisotopic (exact) mass is 297 g/mol. The fraction of sp³-hybridized carbons (Fsp3) is 0.125. The molecule has 0 aliphatic carbocycles. The highest BCUT2D eigenvalue weighted by Gasteiger charge is 2.13. The Kier molecular flexibility index (Phi) is 3.65. The zero-order valence-corrected chi connectivity index (χ0v) is 12.2.